The summed E-state index contributed by atoms with van der Waals surface area (Å²) in [5, 5.41) is 0. The lowest BCUT2D eigenvalue weighted by Gasteiger charge is -2.33. The number of rotatable bonds is 3. The van der Waals surface area contributed by atoms with Crippen molar-refractivity contribution >= 4 is 43.5 Å². The molecule has 2 bridgehead atoms. The molecule has 0 aliphatic carbocycles. The van der Waals surface area contributed by atoms with Gasteiger partial charge in [0.05, 0.1) is 9.37 Å². The topological polar surface area (TPSA) is 57.7 Å². The number of amides is 1. The molecule has 1 amide bonds. The van der Waals surface area contributed by atoms with Crippen LogP contribution in [0.25, 0.3) is 0 Å². The number of nitrogens with zero attached hydrogens (tertiary/aromatic N) is 2. The Hall–Kier alpha value is -0.700. The molecule has 2 aliphatic heterocycles. The number of benzene rings is 1. The molecule has 120 valence electrons. The highest BCUT2D eigenvalue weighted by molar-refractivity contribution is 9.10. The van der Waals surface area contributed by atoms with Gasteiger partial charge >= 0.3 is 0 Å². The van der Waals surface area contributed by atoms with Crippen molar-refractivity contribution in [2.45, 2.75) is 23.4 Å². The molecule has 9 heteroatoms. The Labute approximate surface area is 141 Å². The summed E-state index contributed by atoms with van der Waals surface area (Å²) >= 11 is 8.56. The van der Waals surface area contributed by atoms with Crippen LogP contribution in [-0.4, -0.2) is 54.6 Å². The standard InChI is InChI=1S/C13H13BrClFN2O3S/c14-11-2-1-10(4-12(11)16)22(20,21)18-7-8-3-9(18)6-17(8)13(19)5-15/h1-2,4,8-9H,3,5-7H2. The first-order valence-electron chi connectivity index (χ1n) is 6.67. The van der Waals surface area contributed by atoms with Crippen LogP contribution in [0.4, 0.5) is 4.39 Å². The second kappa shape index (κ2) is 5.74. The van der Waals surface area contributed by atoms with E-state index in [-0.39, 0.29) is 39.8 Å². The maximum Gasteiger partial charge on any atom is 0.243 e. The number of carbonyl (C=O) groups is 1. The Morgan fingerprint density at radius 1 is 1.36 bits per heavy atom. The van der Waals surface area contributed by atoms with Gasteiger partial charge in [0.25, 0.3) is 0 Å². The number of fused-ring (bicyclic) bond motifs is 2. The fourth-order valence-electron chi connectivity index (χ4n) is 3.08. The Bertz CT molecular complexity index is 730. The van der Waals surface area contributed by atoms with Gasteiger partial charge in [-0.15, -0.1) is 11.6 Å². The average molecular weight is 412 g/mol. The second-order valence-electron chi connectivity index (χ2n) is 5.37. The van der Waals surface area contributed by atoms with E-state index in [1.54, 1.807) is 4.90 Å². The van der Waals surface area contributed by atoms with Crippen LogP contribution in [0, 0.1) is 5.82 Å². The monoisotopic (exact) mass is 410 g/mol. The van der Waals surface area contributed by atoms with E-state index in [4.69, 9.17) is 11.6 Å². The third kappa shape index (κ3) is 2.55. The van der Waals surface area contributed by atoms with E-state index in [9.17, 15) is 17.6 Å². The van der Waals surface area contributed by atoms with Gasteiger partial charge in [0, 0.05) is 25.2 Å². The molecule has 2 aliphatic rings. The number of piperazine rings is 1. The zero-order valence-electron chi connectivity index (χ0n) is 11.4. The maximum absolute atomic E-state index is 13.6. The fourth-order valence-corrected chi connectivity index (χ4v) is 5.16. The van der Waals surface area contributed by atoms with Gasteiger partial charge in [0.1, 0.15) is 11.7 Å². The first-order chi connectivity index (χ1) is 10.3. The van der Waals surface area contributed by atoms with Gasteiger partial charge in [-0.25, -0.2) is 12.8 Å². The van der Waals surface area contributed by atoms with E-state index in [1.807, 2.05) is 0 Å². The Balaban J connectivity index is 1.84. The Kier molecular flexibility index (Phi) is 4.22. The lowest BCUT2D eigenvalue weighted by atomic mass is 10.2. The Morgan fingerprint density at radius 3 is 2.64 bits per heavy atom. The molecule has 2 heterocycles. The van der Waals surface area contributed by atoms with Crippen molar-refractivity contribution in [3.05, 3.63) is 28.5 Å². The molecule has 0 aromatic heterocycles. The molecule has 2 fully saturated rings. The van der Waals surface area contributed by atoms with Crippen LogP contribution in [0.1, 0.15) is 6.42 Å². The predicted octanol–water partition coefficient (Wildman–Crippen LogP) is 1.80. The van der Waals surface area contributed by atoms with Crippen LogP contribution in [0.15, 0.2) is 27.6 Å². The summed E-state index contributed by atoms with van der Waals surface area (Å²) in [5.74, 6) is -0.904. The largest absolute Gasteiger partial charge is 0.336 e. The summed E-state index contributed by atoms with van der Waals surface area (Å²) in [7, 11) is -3.76. The molecule has 2 unspecified atom stereocenters. The van der Waals surface area contributed by atoms with E-state index in [0.29, 0.717) is 13.0 Å². The zero-order valence-corrected chi connectivity index (χ0v) is 14.5. The van der Waals surface area contributed by atoms with Crippen molar-refractivity contribution in [1.29, 1.82) is 0 Å². The molecular formula is C13H13BrClFN2O3S. The van der Waals surface area contributed by atoms with Crippen molar-refractivity contribution in [3.63, 3.8) is 0 Å². The normalized spacial score (nSPS) is 25.0. The van der Waals surface area contributed by atoms with Crippen LogP contribution in [-0.2, 0) is 14.8 Å². The van der Waals surface area contributed by atoms with Crippen LogP contribution in [0.2, 0.25) is 0 Å². The maximum atomic E-state index is 13.6. The third-order valence-corrected chi connectivity index (χ3v) is 6.91. The van der Waals surface area contributed by atoms with E-state index >= 15 is 0 Å². The number of hydrogen-bond acceptors (Lipinski definition) is 3. The van der Waals surface area contributed by atoms with E-state index in [2.05, 4.69) is 15.9 Å². The van der Waals surface area contributed by atoms with Crippen molar-refractivity contribution in [2.24, 2.45) is 0 Å². The molecular weight excluding hydrogens is 399 g/mol. The minimum absolute atomic E-state index is 0.0732. The van der Waals surface area contributed by atoms with Crippen LogP contribution >= 0.6 is 27.5 Å². The lowest BCUT2D eigenvalue weighted by molar-refractivity contribution is -0.130. The van der Waals surface area contributed by atoms with Gasteiger partial charge < -0.3 is 4.90 Å². The first-order valence-corrected chi connectivity index (χ1v) is 9.43. The number of sulfonamides is 1. The SMILES string of the molecule is O=C(CCl)N1CC2CC1CN2S(=O)(=O)c1ccc(Br)c(F)c1. The summed E-state index contributed by atoms with van der Waals surface area (Å²) in [6.07, 6.45) is 0.598. The highest BCUT2D eigenvalue weighted by Gasteiger charge is 2.49. The first kappa shape index (κ1) is 16.2. The van der Waals surface area contributed by atoms with Crippen LogP contribution < -0.4 is 0 Å². The molecule has 3 rings (SSSR count). The number of alkyl halides is 1. The van der Waals surface area contributed by atoms with Crippen molar-refractivity contribution in [3.8, 4) is 0 Å². The van der Waals surface area contributed by atoms with Crippen molar-refractivity contribution in [1.82, 2.24) is 9.21 Å². The number of hydrogen-bond donors (Lipinski definition) is 0. The van der Waals surface area contributed by atoms with Gasteiger partial charge in [-0.1, -0.05) is 0 Å². The number of halogens is 3. The lowest BCUT2D eigenvalue weighted by Crippen LogP contribution is -2.50. The molecule has 2 saturated heterocycles. The van der Waals surface area contributed by atoms with Gasteiger partial charge in [-0.2, -0.15) is 4.31 Å². The highest BCUT2D eigenvalue weighted by Crippen LogP contribution is 2.35. The number of carbonyl (C=O) groups excluding carboxylic acids is 1. The summed E-state index contributed by atoms with van der Waals surface area (Å²) in [6.45, 7) is 0.571. The molecule has 0 saturated carbocycles. The van der Waals surface area contributed by atoms with Crippen LogP contribution in [0.5, 0.6) is 0 Å². The third-order valence-electron chi connectivity index (χ3n) is 4.12. The van der Waals surface area contributed by atoms with Crippen LogP contribution in [0.3, 0.4) is 0 Å². The highest BCUT2D eigenvalue weighted by atomic mass is 79.9. The quantitative estimate of drug-likeness (QED) is 0.713. The van der Waals surface area contributed by atoms with E-state index in [1.165, 1.54) is 16.4 Å². The average Bonchev–Trinajstić information content (AvgIpc) is 3.09. The van der Waals surface area contributed by atoms with E-state index in [0.717, 1.165) is 6.07 Å². The van der Waals surface area contributed by atoms with Gasteiger partial charge in [0.15, 0.2) is 0 Å². The van der Waals surface area contributed by atoms with Crippen molar-refractivity contribution in [2.75, 3.05) is 19.0 Å². The minimum Gasteiger partial charge on any atom is -0.336 e. The minimum atomic E-state index is -3.76. The summed E-state index contributed by atoms with van der Waals surface area (Å²) in [4.78, 5) is 13.2. The molecule has 22 heavy (non-hydrogen) atoms. The molecule has 1 aromatic rings. The molecule has 0 radical (unpaired) electrons. The Morgan fingerprint density at radius 2 is 2.09 bits per heavy atom. The molecule has 1 aromatic carbocycles. The van der Waals surface area contributed by atoms with E-state index < -0.39 is 15.8 Å². The second-order valence-corrected chi connectivity index (χ2v) is 8.39. The van der Waals surface area contributed by atoms with Gasteiger partial charge in [0.2, 0.25) is 15.9 Å². The molecule has 2 atom stereocenters. The number of likely N-dealkylation sites (tertiary alicyclic amines) is 1. The molecule has 0 N–H and O–H groups in total. The zero-order chi connectivity index (χ0) is 16.1. The molecule has 0 spiro atoms. The smallest absolute Gasteiger partial charge is 0.243 e. The molecule has 5 nitrogen and oxygen atoms in total. The summed E-state index contributed by atoms with van der Waals surface area (Å²) in [6, 6.07) is 3.34. The van der Waals surface area contributed by atoms with Gasteiger partial charge in [-0.05, 0) is 40.5 Å². The summed E-state index contributed by atoms with van der Waals surface area (Å²) < 4.78 is 40.5. The predicted molar refractivity (Wildman–Crippen MR) is 82.6 cm³/mol. The van der Waals surface area contributed by atoms with Crippen molar-refractivity contribution < 1.29 is 17.6 Å². The fraction of sp³-hybridized carbons (Fsp3) is 0.462. The van der Waals surface area contributed by atoms with Gasteiger partial charge in [-0.3, -0.25) is 4.79 Å². The summed E-state index contributed by atoms with van der Waals surface area (Å²) in [5.41, 5.74) is 0.